The molecule has 2 aliphatic rings. The summed E-state index contributed by atoms with van der Waals surface area (Å²) in [6.07, 6.45) is -0.275. The van der Waals surface area contributed by atoms with E-state index < -0.39 is 42.5 Å². The van der Waals surface area contributed by atoms with Gasteiger partial charge in [-0.25, -0.2) is 17.6 Å². The van der Waals surface area contributed by atoms with Crippen molar-refractivity contribution < 1.29 is 22.4 Å². The Morgan fingerprint density at radius 2 is 2.05 bits per heavy atom. The van der Waals surface area contributed by atoms with Crippen molar-refractivity contribution in [3.8, 4) is 0 Å². The van der Waals surface area contributed by atoms with E-state index in [1.165, 1.54) is 11.0 Å². The molecule has 0 radical (unpaired) electrons. The zero-order chi connectivity index (χ0) is 15.2. The van der Waals surface area contributed by atoms with Crippen LogP contribution < -0.4 is 5.32 Å². The lowest BCUT2D eigenvalue weighted by molar-refractivity contribution is -0.134. The number of carbonyl (C=O) groups is 1. The number of amides is 1. The summed E-state index contributed by atoms with van der Waals surface area (Å²) in [6, 6.07) is 1.07. The third-order valence-corrected chi connectivity index (χ3v) is 3.97. The first kappa shape index (κ1) is 17.0. The van der Waals surface area contributed by atoms with Gasteiger partial charge in [0.15, 0.2) is 0 Å². The molecule has 22 heavy (non-hydrogen) atoms. The number of halogens is 5. The highest BCUT2D eigenvalue weighted by Gasteiger charge is 2.43. The van der Waals surface area contributed by atoms with Crippen LogP contribution in [0.1, 0.15) is 17.5 Å². The van der Waals surface area contributed by atoms with Crippen LogP contribution in [0.5, 0.6) is 0 Å². The summed E-state index contributed by atoms with van der Waals surface area (Å²) >= 11 is 0. The van der Waals surface area contributed by atoms with Crippen molar-refractivity contribution in [3.63, 3.8) is 0 Å². The maximum atomic E-state index is 13.6. The van der Waals surface area contributed by atoms with E-state index in [4.69, 9.17) is 0 Å². The Labute approximate surface area is 131 Å². The largest absolute Gasteiger partial charge is 0.337 e. The van der Waals surface area contributed by atoms with Gasteiger partial charge >= 0.3 is 0 Å². The SMILES string of the molecule is Cl.O=C(C1CC(F)(F)CN1)N1CCc2c(F)cc(F)cc2C1. The van der Waals surface area contributed by atoms with Crippen LogP contribution in [-0.4, -0.2) is 35.9 Å². The van der Waals surface area contributed by atoms with Gasteiger partial charge in [-0.2, -0.15) is 0 Å². The Balaban J connectivity index is 0.00000176. The number of nitrogens with zero attached hydrogens (tertiary/aromatic N) is 1. The summed E-state index contributed by atoms with van der Waals surface area (Å²) in [5, 5.41) is 2.50. The average molecular weight is 339 g/mol. The van der Waals surface area contributed by atoms with Crippen LogP contribution in [-0.2, 0) is 17.8 Å². The van der Waals surface area contributed by atoms with Gasteiger partial charge in [-0.1, -0.05) is 0 Å². The molecule has 3 rings (SSSR count). The van der Waals surface area contributed by atoms with Crippen LogP contribution in [0.25, 0.3) is 0 Å². The molecule has 8 heteroatoms. The zero-order valence-electron chi connectivity index (χ0n) is 11.5. The van der Waals surface area contributed by atoms with E-state index in [0.717, 1.165) is 6.07 Å². The Hall–Kier alpha value is -1.34. The smallest absolute Gasteiger partial charge is 0.262 e. The van der Waals surface area contributed by atoms with Crippen molar-refractivity contribution in [2.24, 2.45) is 0 Å². The Morgan fingerprint density at radius 3 is 2.68 bits per heavy atom. The lowest BCUT2D eigenvalue weighted by Gasteiger charge is -2.31. The van der Waals surface area contributed by atoms with E-state index in [1.807, 2.05) is 0 Å². The third kappa shape index (κ3) is 3.20. The Morgan fingerprint density at radius 1 is 1.32 bits per heavy atom. The zero-order valence-corrected chi connectivity index (χ0v) is 12.4. The lowest BCUT2D eigenvalue weighted by Crippen LogP contribution is -2.45. The summed E-state index contributed by atoms with van der Waals surface area (Å²) in [4.78, 5) is 13.6. The van der Waals surface area contributed by atoms with Crippen LogP contribution >= 0.6 is 12.4 Å². The van der Waals surface area contributed by atoms with Gasteiger partial charge < -0.3 is 4.90 Å². The highest BCUT2D eigenvalue weighted by molar-refractivity contribution is 5.85. The average Bonchev–Trinajstić information content (AvgIpc) is 2.77. The van der Waals surface area contributed by atoms with Crippen molar-refractivity contribution in [1.29, 1.82) is 0 Å². The van der Waals surface area contributed by atoms with Gasteiger partial charge in [0.05, 0.1) is 12.6 Å². The molecule has 3 nitrogen and oxygen atoms in total. The van der Waals surface area contributed by atoms with Gasteiger partial charge in [0, 0.05) is 25.6 Å². The monoisotopic (exact) mass is 338 g/mol. The second-order valence-electron chi connectivity index (χ2n) is 5.53. The number of benzene rings is 1. The van der Waals surface area contributed by atoms with Gasteiger partial charge in [-0.3, -0.25) is 10.1 Å². The maximum absolute atomic E-state index is 13.6. The first-order valence-corrected chi connectivity index (χ1v) is 6.72. The molecule has 1 aromatic carbocycles. The van der Waals surface area contributed by atoms with Crippen molar-refractivity contribution in [3.05, 3.63) is 34.9 Å². The van der Waals surface area contributed by atoms with Crippen LogP contribution in [0.2, 0.25) is 0 Å². The predicted octanol–water partition coefficient (Wildman–Crippen LogP) is 2.27. The molecule has 1 aromatic rings. The van der Waals surface area contributed by atoms with E-state index in [-0.39, 0.29) is 31.9 Å². The normalized spacial score (nSPS) is 22.9. The van der Waals surface area contributed by atoms with Gasteiger partial charge in [-0.05, 0) is 23.6 Å². The van der Waals surface area contributed by atoms with Gasteiger partial charge in [0.25, 0.3) is 5.92 Å². The number of nitrogens with one attached hydrogen (secondary N) is 1. The van der Waals surface area contributed by atoms with E-state index in [9.17, 15) is 22.4 Å². The molecule has 2 heterocycles. The second kappa shape index (κ2) is 6.04. The van der Waals surface area contributed by atoms with Crippen molar-refractivity contribution in [2.75, 3.05) is 13.1 Å². The molecule has 122 valence electrons. The van der Waals surface area contributed by atoms with E-state index in [1.54, 1.807) is 0 Å². The molecule has 0 aromatic heterocycles. The topological polar surface area (TPSA) is 32.3 Å². The minimum absolute atomic E-state index is 0. The molecule has 0 spiro atoms. The van der Waals surface area contributed by atoms with Crippen LogP contribution in [0, 0.1) is 11.6 Å². The first-order valence-electron chi connectivity index (χ1n) is 6.72. The molecular weight excluding hydrogens is 324 g/mol. The number of fused-ring (bicyclic) bond motifs is 1. The Bertz CT molecular complexity index is 596. The number of rotatable bonds is 1. The minimum atomic E-state index is -2.88. The molecule has 0 saturated carbocycles. The fraction of sp³-hybridized carbons (Fsp3) is 0.500. The van der Waals surface area contributed by atoms with Crippen molar-refractivity contribution >= 4 is 18.3 Å². The molecule has 0 bridgehead atoms. The van der Waals surface area contributed by atoms with Gasteiger partial charge in [-0.15, -0.1) is 12.4 Å². The highest BCUT2D eigenvalue weighted by Crippen LogP contribution is 2.28. The van der Waals surface area contributed by atoms with Crippen LogP contribution in [0.3, 0.4) is 0 Å². The summed E-state index contributed by atoms with van der Waals surface area (Å²) in [5.41, 5.74) is 0.794. The molecule has 2 aliphatic heterocycles. The fourth-order valence-electron chi connectivity index (χ4n) is 2.91. The maximum Gasteiger partial charge on any atom is 0.262 e. The molecule has 1 amide bonds. The summed E-state index contributed by atoms with van der Waals surface area (Å²) < 4.78 is 53.1. The molecule has 0 aliphatic carbocycles. The number of carbonyl (C=O) groups excluding carboxylic acids is 1. The van der Waals surface area contributed by atoms with Crippen molar-refractivity contribution in [2.45, 2.75) is 31.4 Å². The van der Waals surface area contributed by atoms with Gasteiger partial charge in [0.2, 0.25) is 5.91 Å². The second-order valence-corrected chi connectivity index (χ2v) is 5.53. The summed E-state index contributed by atoms with van der Waals surface area (Å²) in [7, 11) is 0. The fourth-order valence-corrected chi connectivity index (χ4v) is 2.91. The summed E-state index contributed by atoms with van der Waals surface area (Å²) in [5.74, 6) is -4.65. The molecule has 1 unspecified atom stereocenters. The molecular formula is C14H15ClF4N2O. The highest BCUT2D eigenvalue weighted by atomic mass is 35.5. The molecule has 1 N–H and O–H groups in total. The van der Waals surface area contributed by atoms with E-state index in [2.05, 4.69) is 5.32 Å². The number of hydrogen-bond donors (Lipinski definition) is 1. The van der Waals surface area contributed by atoms with Crippen molar-refractivity contribution in [1.82, 2.24) is 10.2 Å². The minimum Gasteiger partial charge on any atom is -0.337 e. The number of hydrogen-bond acceptors (Lipinski definition) is 2. The standard InChI is InChI=1S/C14H14F4N2O.ClH/c15-9-3-8-6-20(2-1-10(8)11(16)4-9)13(21)12-5-14(17,18)7-19-12;/h3-4,12,19H,1-2,5-7H2;1H. The lowest BCUT2D eigenvalue weighted by atomic mass is 9.98. The van der Waals surface area contributed by atoms with Crippen LogP contribution in [0.15, 0.2) is 12.1 Å². The first-order chi connectivity index (χ1) is 9.85. The molecule has 1 saturated heterocycles. The van der Waals surface area contributed by atoms with Crippen LogP contribution in [0.4, 0.5) is 17.6 Å². The predicted molar refractivity (Wildman–Crippen MR) is 74.1 cm³/mol. The molecule has 1 fully saturated rings. The quantitative estimate of drug-likeness (QED) is 0.797. The Kier molecular flexibility index (Phi) is 4.67. The van der Waals surface area contributed by atoms with E-state index >= 15 is 0 Å². The third-order valence-electron chi connectivity index (χ3n) is 3.97. The van der Waals surface area contributed by atoms with E-state index in [0.29, 0.717) is 11.1 Å². The molecule has 1 atom stereocenters. The summed E-state index contributed by atoms with van der Waals surface area (Å²) in [6.45, 7) is -0.220. The van der Waals surface area contributed by atoms with Gasteiger partial charge in [0.1, 0.15) is 11.6 Å². The number of alkyl halides is 2.